The van der Waals surface area contributed by atoms with Crippen molar-refractivity contribution in [1.29, 1.82) is 0 Å². The molecule has 254 valence electrons. The Morgan fingerprint density at radius 3 is 1.14 bits per heavy atom. The van der Waals surface area contributed by atoms with Crippen molar-refractivity contribution >= 4 is 11.8 Å². The average Bonchev–Trinajstić information content (AvgIpc) is 3.05. The first kappa shape index (κ1) is 40.0. The second kappa shape index (κ2) is 32.4. The molecule has 0 unspecified atom stereocenters. The van der Waals surface area contributed by atoms with Crippen molar-refractivity contribution in [2.75, 3.05) is 126 Å². The summed E-state index contributed by atoms with van der Waals surface area (Å²) in [5.74, 6) is -1.57. The Morgan fingerprint density at radius 1 is 0.432 bits per heavy atom. The normalized spacial score (nSPS) is 11.2. The molecule has 0 saturated heterocycles. The van der Waals surface area contributed by atoms with Crippen LogP contribution in [0.25, 0.3) is 0 Å². The SMILES string of the molecule is CCCCCCOCCOCCOCCOCCOCCOCCOCCOCCOCCOC(=O)C(=O)c1ccccc1. The molecule has 1 aromatic rings. The van der Waals surface area contributed by atoms with Gasteiger partial charge in [-0.2, -0.15) is 0 Å². The molecule has 0 amide bonds. The van der Waals surface area contributed by atoms with E-state index >= 15 is 0 Å². The highest BCUT2D eigenvalue weighted by molar-refractivity contribution is 6.40. The van der Waals surface area contributed by atoms with E-state index in [4.69, 9.17) is 47.4 Å². The Balaban J connectivity index is 1.67. The summed E-state index contributed by atoms with van der Waals surface area (Å²) < 4.78 is 53.9. The number of rotatable bonds is 34. The second-order valence-corrected chi connectivity index (χ2v) is 9.40. The number of unbranched alkanes of at least 4 members (excludes halogenated alkanes) is 3. The van der Waals surface area contributed by atoms with Gasteiger partial charge in [-0.15, -0.1) is 0 Å². The zero-order valence-corrected chi connectivity index (χ0v) is 26.5. The summed E-state index contributed by atoms with van der Waals surface area (Å²) in [5, 5.41) is 0. The van der Waals surface area contributed by atoms with E-state index in [1.807, 2.05) is 0 Å². The van der Waals surface area contributed by atoms with Crippen LogP contribution >= 0.6 is 0 Å². The van der Waals surface area contributed by atoms with Gasteiger partial charge in [0.15, 0.2) is 0 Å². The molecular formula is C32H54O12. The quantitative estimate of drug-likeness (QED) is 0.0481. The first-order chi connectivity index (χ1) is 21.8. The minimum Gasteiger partial charge on any atom is -0.457 e. The molecule has 0 aliphatic heterocycles. The molecule has 0 aliphatic rings. The lowest BCUT2D eigenvalue weighted by molar-refractivity contribution is -0.139. The van der Waals surface area contributed by atoms with Crippen LogP contribution in [0.5, 0.6) is 0 Å². The molecule has 0 aliphatic carbocycles. The maximum absolute atomic E-state index is 11.9. The van der Waals surface area contributed by atoms with Crippen molar-refractivity contribution in [2.45, 2.75) is 32.6 Å². The van der Waals surface area contributed by atoms with Gasteiger partial charge in [0.25, 0.3) is 5.78 Å². The highest BCUT2D eigenvalue weighted by Gasteiger charge is 2.17. The summed E-state index contributed by atoms with van der Waals surface area (Å²) in [4.78, 5) is 23.6. The monoisotopic (exact) mass is 630 g/mol. The van der Waals surface area contributed by atoms with Crippen LogP contribution in [-0.4, -0.2) is 137 Å². The molecule has 0 aromatic heterocycles. The van der Waals surface area contributed by atoms with Crippen LogP contribution in [0.2, 0.25) is 0 Å². The molecule has 44 heavy (non-hydrogen) atoms. The van der Waals surface area contributed by atoms with Gasteiger partial charge in [0, 0.05) is 12.2 Å². The Labute approximate surface area is 262 Å². The van der Waals surface area contributed by atoms with Gasteiger partial charge in [-0.1, -0.05) is 56.5 Å². The van der Waals surface area contributed by atoms with Crippen LogP contribution in [0.4, 0.5) is 0 Å². The van der Waals surface area contributed by atoms with Crippen LogP contribution in [-0.2, 0) is 52.2 Å². The molecule has 0 N–H and O–H groups in total. The number of benzene rings is 1. The topological polar surface area (TPSA) is 126 Å². The smallest absolute Gasteiger partial charge is 0.379 e. The third-order valence-corrected chi connectivity index (χ3v) is 5.80. The van der Waals surface area contributed by atoms with Gasteiger partial charge in [0.1, 0.15) is 6.61 Å². The van der Waals surface area contributed by atoms with E-state index in [0.717, 1.165) is 13.0 Å². The Bertz CT molecular complexity index is 765. The number of ketones is 1. The minimum absolute atomic E-state index is 0.00202. The largest absolute Gasteiger partial charge is 0.457 e. The predicted molar refractivity (Wildman–Crippen MR) is 163 cm³/mol. The second-order valence-electron chi connectivity index (χ2n) is 9.40. The highest BCUT2D eigenvalue weighted by Crippen LogP contribution is 2.01. The molecule has 1 aromatic carbocycles. The van der Waals surface area contributed by atoms with Gasteiger partial charge in [0.2, 0.25) is 0 Å². The maximum Gasteiger partial charge on any atom is 0.379 e. The highest BCUT2D eigenvalue weighted by atomic mass is 16.6. The van der Waals surface area contributed by atoms with E-state index in [0.29, 0.717) is 111 Å². The van der Waals surface area contributed by atoms with Crippen molar-refractivity contribution in [2.24, 2.45) is 0 Å². The fourth-order valence-corrected chi connectivity index (χ4v) is 3.46. The standard InChI is InChI=1S/C32H54O12/c1-2-3-4-8-11-35-12-13-36-14-15-37-16-17-38-18-19-39-20-21-40-22-23-41-24-25-42-26-27-43-28-29-44-32(34)31(33)30-9-6-5-7-10-30/h5-7,9-10H,2-4,8,11-29H2,1H3. The van der Waals surface area contributed by atoms with Crippen molar-refractivity contribution in [3.63, 3.8) is 0 Å². The van der Waals surface area contributed by atoms with Crippen LogP contribution in [0, 0.1) is 0 Å². The number of carbonyl (C=O) groups is 2. The number of hydrogen-bond acceptors (Lipinski definition) is 12. The van der Waals surface area contributed by atoms with E-state index in [2.05, 4.69) is 6.92 Å². The van der Waals surface area contributed by atoms with Crippen molar-refractivity contribution in [3.8, 4) is 0 Å². The van der Waals surface area contributed by atoms with Crippen LogP contribution in [0.3, 0.4) is 0 Å². The number of carbonyl (C=O) groups excluding carboxylic acids is 2. The van der Waals surface area contributed by atoms with E-state index in [1.54, 1.807) is 30.3 Å². The number of ether oxygens (including phenoxy) is 10. The maximum atomic E-state index is 11.9. The van der Waals surface area contributed by atoms with Gasteiger partial charge >= 0.3 is 5.97 Å². The summed E-state index contributed by atoms with van der Waals surface area (Å²) in [6.45, 7) is 11.1. The average molecular weight is 631 g/mol. The molecule has 0 spiro atoms. The number of Topliss-reactive ketones (excluding diaryl/α,β-unsaturated/α-hetero) is 1. The molecular weight excluding hydrogens is 576 g/mol. The molecule has 12 nitrogen and oxygen atoms in total. The Kier molecular flexibility index (Phi) is 29.5. The van der Waals surface area contributed by atoms with E-state index < -0.39 is 11.8 Å². The zero-order chi connectivity index (χ0) is 31.6. The third-order valence-electron chi connectivity index (χ3n) is 5.80. The van der Waals surface area contributed by atoms with E-state index in [-0.39, 0.29) is 13.2 Å². The van der Waals surface area contributed by atoms with Gasteiger partial charge in [-0.25, -0.2) is 4.79 Å². The molecule has 0 atom stereocenters. The minimum atomic E-state index is -0.893. The molecule has 0 radical (unpaired) electrons. The molecule has 1 rings (SSSR count). The lowest BCUT2D eigenvalue weighted by atomic mass is 10.1. The first-order valence-corrected chi connectivity index (χ1v) is 15.7. The summed E-state index contributed by atoms with van der Waals surface area (Å²) in [6, 6.07) is 8.27. The van der Waals surface area contributed by atoms with Gasteiger partial charge < -0.3 is 47.4 Å². The number of hydrogen-bond donors (Lipinski definition) is 0. The summed E-state index contributed by atoms with van der Waals surface area (Å²) in [5.41, 5.74) is 0.299. The lowest BCUT2D eigenvalue weighted by Crippen LogP contribution is -2.20. The Morgan fingerprint density at radius 2 is 0.773 bits per heavy atom. The van der Waals surface area contributed by atoms with Crippen LogP contribution in [0.1, 0.15) is 43.0 Å². The van der Waals surface area contributed by atoms with Gasteiger partial charge in [-0.3, -0.25) is 4.79 Å². The van der Waals surface area contributed by atoms with Crippen molar-refractivity contribution in [3.05, 3.63) is 35.9 Å². The fourth-order valence-electron chi connectivity index (χ4n) is 3.46. The molecule has 0 bridgehead atoms. The zero-order valence-electron chi connectivity index (χ0n) is 26.5. The van der Waals surface area contributed by atoms with Crippen molar-refractivity contribution in [1.82, 2.24) is 0 Å². The lowest BCUT2D eigenvalue weighted by Gasteiger charge is -2.09. The first-order valence-electron chi connectivity index (χ1n) is 15.7. The van der Waals surface area contributed by atoms with E-state index in [1.165, 1.54) is 19.3 Å². The predicted octanol–water partition coefficient (Wildman–Crippen LogP) is 3.14. The summed E-state index contributed by atoms with van der Waals surface area (Å²) in [6.07, 6.45) is 4.87. The Hall–Kier alpha value is -2.00. The third kappa shape index (κ3) is 26.4. The summed E-state index contributed by atoms with van der Waals surface area (Å²) >= 11 is 0. The van der Waals surface area contributed by atoms with Gasteiger partial charge in [0.05, 0.1) is 112 Å². The molecule has 12 heteroatoms. The molecule has 0 heterocycles. The molecule has 0 saturated carbocycles. The van der Waals surface area contributed by atoms with Crippen LogP contribution in [0.15, 0.2) is 30.3 Å². The fraction of sp³-hybridized carbons (Fsp3) is 0.750. The van der Waals surface area contributed by atoms with E-state index in [9.17, 15) is 9.59 Å². The number of esters is 1. The summed E-state index contributed by atoms with van der Waals surface area (Å²) in [7, 11) is 0. The van der Waals surface area contributed by atoms with Gasteiger partial charge in [-0.05, 0) is 6.42 Å². The van der Waals surface area contributed by atoms with Crippen LogP contribution < -0.4 is 0 Å². The van der Waals surface area contributed by atoms with Crippen molar-refractivity contribution < 1.29 is 57.0 Å². The molecule has 0 fully saturated rings.